The van der Waals surface area contributed by atoms with Crippen molar-refractivity contribution >= 4 is 5.69 Å². The molecule has 0 spiro atoms. The first-order valence-electron chi connectivity index (χ1n) is 5.62. The van der Waals surface area contributed by atoms with Crippen LogP contribution in [0.2, 0.25) is 0 Å². The molecule has 0 aliphatic rings. The van der Waals surface area contributed by atoms with Crippen molar-refractivity contribution in [3.05, 3.63) is 58.6 Å². The predicted octanol–water partition coefficient (Wildman–Crippen LogP) is 4.29. The zero-order valence-corrected chi connectivity index (χ0v) is 10.3. The van der Waals surface area contributed by atoms with Gasteiger partial charge in [0.1, 0.15) is 5.75 Å². The van der Waals surface area contributed by atoms with E-state index in [1.807, 2.05) is 0 Å². The van der Waals surface area contributed by atoms with Gasteiger partial charge in [-0.25, -0.2) is 0 Å². The van der Waals surface area contributed by atoms with Crippen LogP contribution in [0.5, 0.6) is 17.2 Å². The molecule has 5 nitrogen and oxygen atoms in total. The zero-order valence-electron chi connectivity index (χ0n) is 10.3. The number of benzene rings is 2. The van der Waals surface area contributed by atoms with E-state index in [1.165, 1.54) is 42.5 Å². The summed E-state index contributed by atoms with van der Waals surface area (Å²) in [6.45, 7) is 0. The van der Waals surface area contributed by atoms with E-state index in [0.29, 0.717) is 0 Å². The Morgan fingerprint density at radius 2 is 1.52 bits per heavy atom. The van der Waals surface area contributed by atoms with Crippen LogP contribution in [0.1, 0.15) is 0 Å². The van der Waals surface area contributed by atoms with Crippen molar-refractivity contribution in [2.75, 3.05) is 0 Å². The zero-order chi connectivity index (χ0) is 15.5. The molecule has 110 valence electrons. The molecule has 0 aliphatic carbocycles. The van der Waals surface area contributed by atoms with Crippen LogP contribution in [0.25, 0.3) is 0 Å². The van der Waals surface area contributed by atoms with Gasteiger partial charge in [0.25, 0.3) is 5.69 Å². The lowest BCUT2D eigenvalue weighted by atomic mass is 10.3. The first-order valence-corrected chi connectivity index (χ1v) is 5.62. The molecule has 0 aliphatic heterocycles. The SMILES string of the molecule is O=[N+]([O-])c1ccc(Oc2ccccc2OC(F)(F)F)cc1. The van der Waals surface area contributed by atoms with Crippen LogP contribution in [-0.2, 0) is 0 Å². The molecule has 0 fully saturated rings. The highest BCUT2D eigenvalue weighted by atomic mass is 19.4. The molecule has 0 aromatic heterocycles. The lowest BCUT2D eigenvalue weighted by Gasteiger charge is -2.13. The van der Waals surface area contributed by atoms with E-state index >= 15 is 0 Å². The van der Waals surface area contributed by atoms with E-state index in [-0.39, 0.29) is 17.2 Å². The third-order valence-electron chi connectivity index (χ3n) is 2.35. The normalized spacial score (nSPS) is 11.0. The molecule has 0 radical (unpaired) electrons. The molecular weight excluding hydrogens is 291 g/mol. The number of nitrogens with zero attached hydrogens (tertiary/aromatic N) is 1. The molecule has 0 saturated heterocycles. The molecule has 2 aromatic carbocycles. The van der Waals surface area contributed by atoms with Gasteiger partial charge in [0.05, 0.1) is 4.92 Å². The van der Waals surface area contributed by atoms with Crippen LogP contribution in [-0.4, -0.2) is 11.3 Å². The van der Waals surface area contributed by atoms with Crippen molar-refractivity contribution in [3.8, 4) is 17.2 Å². The van der Waals surface area contributed by atoms with E-state index in [2.05, 4.69) is 4.74 Å². The van der Waals surface area contributed by atoms with Crippen LogP contribution in [0.3, 0.4) is 0 Å². The van der Waals surface area contributed by atoms with E-state index in [9.17, 15) is 23.3 Å². The third kappa shape index (κ3) is 4.10. The van der Waals surface area contributed by atoms with E-state index in [1.54, 1.807) is 0 Å². The monoisotopic (exact) mass is 299 g/mol. The van der Waals surface area contributed by atoms with Crippen LogP contribution in [0, 0.1) is 10.1 Å². The smallest absolute Gasteiger partial charge is 0.453 e. The minimum Gasteiger partial charge on any atom is -0.453 e. The van der Waals surface area contributed by atoms with Crippen molar-refractivity contribution < 1.29 is 27.6 Å². The Kier molecular flexibility index (Phi) is 3.97. The summed E-state index contributed by atoms with van der Waals surface area (Å²) in [7, 11) is 0. The second-order valence-corrected chi connectivity index (χ2v) is 3.85. The number of hydrogen-bond donors (Lipinski definition) is 0. The molecule has 0 saturated carbocycles. The molecule has 2 aromatic rings. The van der Waals surface area contributed by atoms with Crippen molar-refractivity contribution in [2.24, 2.45) is 0 Å². The molecule has 0 unspecified atom stereocenters. The minimum atomic E-state index is -4.84. The van der Waals surface area contributed by atoms with Gasteiger partial charge in [0, 0.05) is 12.1 Å². The summed E-state index contributed by atoms with van der Waals surface area (Å²) < 4.78 is 45.8. The number of nitro benzene ring substituents is 1. The van der Waals surface area contributed by atoms with Gasteiger partial charge >= 0.3 is 6.36 Å². The Morgan fingerprint density at radius 3 is 2.05 bits per heavy atom. The topological polar surface area (TPSA) is 61.6 Å². The van der Waals surface area contributed by atoms with Gasteiger partial charge in [-0.3, -0.25) is 10.1 Å². The van der Waals surface area contributed by atoms with Crippen molar-refractivity contribution in [1.29, 1.82) is 0 Å². The Hall–Kier alpha value is -2.77. The molecule has 0 heterocycles. The molecule has 8 heteroatoms. The first kappa shape index (κ1) is 14.6. The molecule has 0 amide bonds. The summed E-state index contributed by atoms with van der Waals surface area (Å²) in [5.41, 5.74) is -0.151. The fraction of sp³-hybridized carbons (Fsp3) is 0.0769. The van der Waals surface area contributed by atoms with E-state index < -0.39 is 17.0 Å². The van der Waals surface area contributed by atoms with Gasteiger partial charge in [-0.2, -0.15) is 0 Å². The second kappa shape index (κ2) is 5.70. The Morgan fingerprint density at radius 1 is 0.952 bits per heavy atom. The van der Waals surface area contributed by atoms with Crippen LogP contribution in [0.4, 0.5) is 18.9 Å². The summed E-state index contributed by atoms with van der Waals surface area (Å²) in [5, 5.41) is 10.5. The summed E-state index contributed by atoms with van der Waals surface area (Å²) in [6, 6.07) is 10.2. The number of para-hydroxylation sites is 2. The Labute approximate surface area is 116 Å². The van der Waals surface area contributed by atoms with Gasteiger partial charge in [0.2, 0.25) is 0 Å². The minimum absolute atomic E-state index is 0.149. The number of hydrogen-bond acceptors (Lipinski definition) is 4. The quantitative estimate of drug-likeness (QED) is 0.624. The van der Waals surface area contributed by atoms with Crippen molar-refractivity contribution in [3.63, 3.8) is 0 Å². The van der Waals surface area contributed by atoms with Crippen molar-refractivity contribution in [2.45, 2.75) is 6.36 Å². The Balaban J connectivity index is 2.21. The average Bonchev–Trinajstić information content (AvgIpc) is 2.40. The van der Waals surface area contributed by atoms with Gasteiger partial charge < -0.3 is 9.47 Å². The van der Waals surface area contributed by atoms with Crippen LogP contribution >= 0.6 is 0 Å². The number of ether oxygens (including phenoxy) is 2. The fourth-order valence-electron chi connectivity index (χ4n) is 1.51. The highest BCUT2D eigenvalue weighted by Gasteiger charge is 2.32. The molecule has 21 heavy (non-hydrogen) atoms. The average molecular weight is 299 g/mol. The lowest BCUT2D eigenvalue weighted by molar-refractivity contribution is -0.384. The predicted molar refractivity (Wildman–Crippen MR) is 66.3 cm³/mol. The van der Waals surface area contributed by atoms with Crippen molar-refractivity contribution in [1.82, 2.24) is 0 Å². The molecule has 0 bridgehead atoms. The molecule has 0 atom stereocenters. The number of non-ortho nitro benzene ring substituents is 1. The molecule has 2 rings (SSSR count). The van der Waals surface area contributed by atoms with Crippen LogP contribution < -0.4 is 9.47 Å². The summed E-state index contributed by atoms with van der Waals surface area (Å²) in [6.07, 6.45) is -4.84. The first-order chi connectivity index (χ1) is 9.85. The second-order valence-electron chi connectivity index (χ2n) is 3.85. The standard InChI is InChI=1S/C13H8F3NO4/c14-13(15,16)21-12-4-2-1-3-11(12)20-10-7-5-9(6-8-10)17(18)19/h1-8H. The van der Waals surface area contributed by atoms with Gasteiger partial charge in [-0.05, 0) is 24.3 Å². The maximum absolute atomic E-state index is 12.2. The lowest BCUT2D eigenvalue weighted by Crippen LogP contribution is -2.17. The Bertz CT molecular complexity index is 641. The van der Waals surface area contributed by atoms with Crippen LogP contribution in [0.15, 0.2) is 48.5 Å². The summed E-state index contributed by atoms with van der Waals surface area (Å²) in [4.78, 5) is 9.91. The molecule has 0 N–H and O–H groups in total. The van der Waals surface area contributed by atoms with Gasteiger partial charge in [-0.1, -0.05) is 12.1 Å². The number of halogens is 3. The maximum Gasteiger partial charge on any atom is 0.573 e. The molecular formula is C13H8F3NO4. The number of rotatable bonds is 4. The highest BCUT2D eigenvalue weighted by molar-refractivity contribution is 5.44. The number of nitro groups is 1. The highest BCUT2D eigenvalue weighted by Crippen LogP contribution is 2.35. The largest absolute Gasteiger partial charge is 0.573 e. The summed E-state index contributed by atoms with van der Waals surface area (Å²) in [5.74, 6) is -0.495. The maximum atomic E-state index is 12.2. The van der Waals surface area contributed by atoms with Gasteiger partial charge in [0.15, 0.2) is 11.5 Å². The van der Waals surface area contributed by atoms with E-state index in [0.717, 1.165) is 6.07 Å². The number of alkyl halides is 3. The van der Waals surface area contributed by atoms with Gasteiger partial charge in [-0.15, -0.1) is 13.2 Å². The fourth-order valence-corrected chi connectivity index (χ4v) is 1.51. The third-order valence-corrected chi connectivity index (χ3v) is 2.35. The van der Waals surface area contributed by atoms with E-state index in [4.69, 9.17) is 4.74 Å². The summed E-state index contributed by atoms with van der Waals surface area (Å²) >= 11 is 0.